The van der Waals surface area contributed by atoms with E-state index in [1.54, 1.807) is 25.1 Å². The quantitative estimate of drug-likeness (QED) is 0.885. The molecule has 19 heavy (non-hydrogen) atoms. The Morgan fingerprint density at radius 2 is 2.05 bits per heavy atom. The number of rotatable bonds is 3. The average molecular weight is 259 g/mol. The Labute approximate surface area is 110 Å². The zero-order valence-corrected chi connectivity index (χ0v) is 10.5. The Balaban J connectivity index is 2.64. The third kappa shape index (κ3) is 2.49. The predicted octanol–water partition coefficient (Wildman–Crippen LogP) is 2.47. The fourth-order valence-electron chi connectivity index (χ4n) is 1.81. The molecule has 0 unspecified atom stereocenters. The molecule has 2 aromatic rings. The molecule has 0 fully saturated rings. The van der Waals surface area contributed by atoms with Crippen LogP contribution in [0.4, 0.5) is 0 Å². The van der Waals surface area contributed by atoms with Crippen LogP contribution in [0.2, 0.25) is 0 Å². The van der Waals surface area contributed by atoms with Gasteiger partial charge in [-0.3, -0.25) is 4.98 Å². The first-order valence-corrected chi connectivity index (χ1v) is 5.60. The van der Waals surface area contributed by atoms with Crippen LogP contribution in [0.5, 0.6) is 11.5 Å². The molecule has 1 heterocycles. The van der Waals surface area contributed by atoms with E-state index in [-0.39, 0.29) is 11.3 Å². The number of aromatic nitrogens is 1. The number of benzene rings is 1. The highest BCUT2D eigenvalue weighted by atomic mass is 16.5. The molecule has 0 amide bonds. The van der Waals surface area contributed by atoms with E-state index in [0.29, 0.717) is 22.6 Å². The third-order valence-corrected chi connectivity index (χ3v) is 2.76. The van der Waals surface area contributed by atoms with Crippen molar-refractivity contribution in [2.45, 2.75) is 6.92 Å². The van der Waals surface area contributed by atoms with Gasteiger partial charge < -0.3 is 14.9 Å². The molecule has 1 aromatic heterocycles. The number of carboxylic acids is 1. The summed E-state index contributed by atoms with van der Waals surface area (Å²) < 4.78 is 5.02. The van der Waals surface area contributed by atoms with Crippen LogP contribution in [0.3, 0.4) is 0 Å². The molecule has 1 aromatic carbocycles. The lowest BCUT2D eigenvalue weighted by Gasteiger charge is -2.09. The Kier molecular flexibility index (Phi) is 3.37. The number of aryl methyl sites for hydroxylation is 1. The first-order chi connectivity index (χ1) is 9.02. The van der Waals surface area contributed by atoms with Crippen molar-refractivity contribution in [2.24, 2.45) is 0 Å². The number of phenols is 1. The van der Waals surface area contributed by atoms with E-state index >= 15 is 0 Å². The molecule has 98 valence electrons. The van der Waals surface area contributed by atoms with Crippen LogP contribution in [-0.4, -0.2) is 28.3 Å². The van der Waals surface area contributed by atoms with Crippen molar-refractivity contribution < 1.29 is 19.7 Å². The minimum absolute atomic E-state index is 0.00824. The molecule has 2 N–H and O–H groups in total. The summed E-state index contributed by atoms with van der Waals surface area (Å²) in [7, 11) is 1.44. The highest BCUT2D eigenvalue weighted by Gasteiger charge is 2.14. The fraction of sp³-hybridized carbons (Fsp3) is 0.143. The summed E-state index contributed by atoms with van der Waals surface area (Å²) in [5, 5.41) is 18.7. The van der Waals surface area contributed by atoms with Crippen molar-refractivity contribution in [3.05, 3.63) is 41.7 Å². The lowest BCUT2D eigenvalue weighted by Crippen LogP contribution is -2.01. The molecule has 2 rings (SSSR count). The van der Waals surface area contributed by atoms with Crippen LogP contribution in [0.15, 0.2) is 30.5 Å². The van der Waals surface area contributed by atoms with Crippen LogP contribution in [0.1, 0.15) is 16.1 Å². The Morgan fingerprint density at radius 3 is 2.68 bits per heavy atom. The van der Waals surface area contributed by atoms with E-state index in [2.05, 4.69) is 4.98 Å². The number of ether oxygens (including phenoxy) is 1. The number of phenolic OH excluding ortho intramolecular Hbond substituents is 1. The van der Waals surface area contributed by atoms with Gasteiger partial charge in [-0.25, -0.2) is 4.79 Å². The summed E-state index contributed by atoms with van der Waals surface area (Å²) in [6.07, 6.45) is 1.33. The minimum Gasteiger partial charge on any atom is -0.504 e. The molecule has 0 saturated carbocycles. The van der Waals surface area contributed by atoms with E-state index in [9.17, 15) is 15.0 Å². The maximum Gasteiger partial charge on any atom is 0.337 e. The molecule has 0 atom stereocenters. The summed E-state index contributed by atoms with van der Waals surface area (Å²) in [5.74, 6) is -0.744. The maximum atomic E-state index is 11.2. The molecule has 0 aliphatic rings. The SMILES string of the molecule is COc1cc(-c2cc(C)ncc2C(=O)O)ccc1O. The topological polar surface area (TPSA) is 79.7 Å². The lowest BCUT2D eigenvalue weighted by molar-refractivity contribution is 0.0697. The normalized spacial score (nSPS) is 10.2. The van der Waals surface area contributed by atoms with Gasteiger partial charge >= 0.3 is 5.97 Å². The lowest BCUT2D eigenvalue weighted by atomic mass is 10.0. The zero-order valence-electron chi connectivity index (χ0n) is 10.5. The number of methoxy groups -OCH3 is 1. The summed E-state index contributed by atoms with van der Waals surface area (Å²) in [5.41, 5.74) is 2.02. The molecular weight excluding hydrogens is 246 g/mol. The van der Waals surface area contributed by atoms with Gasteiger partial charge in [0.05, 0.1) is 12.7 Å². The molecule has 0 radical (unpaired) electrons. The molecule has 5 heteroatoms. The number of hydrogen-bond donors (Lipinski definition) is 2. The largest absolute Gasteiger partial charge is 0.504 e. The van der Waals surface area contributed by atoms with E-state index in [1.807, 2.05) is 0 Å². The van der Waals surface area contributed by atoms with Crippen molar-refractivity contribution in [3.63, 3.8) is 0 Å². The molecule has 0 aliphatic carbocycles. The van der Waals surface area contributed by atoms with Gasteiger partial charge in [-0.05, 0) is 36.2 Å². The number of carboxylic acid groups (broad SMARTS) is 1. The summed E-state index contributed by atoms with van der Waals surface area (Å²) in [4.78, 5) is 15.2. The van der Waals surface area contributed by atoms with Gasteiger partial charge in [0.25, 0.3) is 0 Å². The number of hydrogen-bond acceptors (Lipinski definition) is 4. The summed E-state index contributed by atoms with van der Waals surface area (Å²) in [6.45, 7) is 1.78. The standard InChI is InChI=1S/C14H13NO4/c1-8-5-10(11(7-15-8)14(17)18)9-3-4-12(16)13(6-9)19-2/h3-7,16H,1-2H3,(H,17,18). The van der Waals surface area contributed by atoms with E-state index in [1.165, 1.54) is 19.4 Å². The monoisotopic (exact) mass is 259 g/mol. The van der Waals surface area contributed by atoms with Gasteiger partial charge in [0.15, 0.2) is 11.5 Å². The smallest absolute Gasteiger partial charge is 0.337 e. The van der Waals surface area contributed by atoms with Crippen molar-refractivity contribution in [2.75, 3.05) is 7.11 Å². The second-order valence-electron chi connectivity index (χ2n) is 4.06. The number of nitrogens with zero attached hydrogens (tertiary/aromatic N) is 1. The van der Waals surface area contributed by atoms with E-state index in [4.69, 9.17) is 4.74 Å². The highest BCUT2D eigenvalue weighted by molar-refractivity contribution is 5.96. The van der Waals surface area contributed by atoms with Crippen LogP contribution in [0, 0.1) is 6.92 Å². The van der Waals surface area contributed by atoms with Crippen molar-refractivity contribution in [1.82, 2.24) is 4.98 Å². The van der Waals surface area contributed by atoms with Crippen molar-refractivity contribution in [1.29, 1.82) is 0 Å². The molecule has 0 spiro atoms. The van der Waals surface area contributed by atoms with Crippen LogP contribution in [0.25, 0.3) is 11.1 Å². The van der Waals surface area contributed by atoms with Gasteiger partial charge in [0.2, 0.25) is 0 Å². The van der Waals surface area contributed by atoms with Gasteiger partial charge in [0, 0.05) is 11.9 Å². The van der Waals surface area contributed by atoms with Crippen LogP contribution in [-0.2, 0) is 0 Å². The second kappa shape index (κ2) is 4.97. The number of pyridine rings is 1. The van der Waals surface area contributed by atoms with Crippen molar-refractivity contribution in [3.8, 4) is 22.6 Å². The summed E-state index contributed by atoms with van der Waals surface area (Å²) in [6, 6.07) is 6.39. The van der Waals surface area contributed by atoms with Gasteiger partial charge in [0.1, 0.15) is 0 Å². The first-order valence-electron chi connectivity index (χ1n) is 5.60. The predicted molar refractivity (Wildman–Crippen MR) is 69.6 cm³/mol. The Bertz CT molecular complexity index is 637. The summed E-state index contributed by atoms with van der Waals surface area (Å²) >= 11 is 0. The third-order valence-electron chi connectivity index (χ3n) is 2.76. The number of aromatic hydroxyl groups is 1. The van der Waals surface area contributed by atoms with E-state index < -0.39 is 5.97 Å². The van der Waals surface area contributed by atoms with E-state index in [0.717, 1.165) is 0 Å². The van der Waals surface area contributed by atoms with Crippen LogP contribution < -0.4 is 4.74 Å². The average Bonchev–Trinajstić information content (AvgIpc) is 2.38. The first kappa shape index (κ1) is 12.9. The molecule has 0 aliphatic heterocycles. The van der Waals surface area contributed by atoms with Gasteiger partial charge in [-0.2, -0.15) is 0 Å². The maximum absolute atomic E-state index is 11.2. The minimum atomic E-state index is -1.05. The Morgan fingerprint density at radius 1 is 1.32 bits per heavy atom. The Hall–Kier alpha value is -2.56. The second-order valence-corrected chi connectivity index (χ2v) is 4.06. The molecule has 0 bridgehead atoms. The number of carbonyl (C=O) groups is 1. The van der Waals surface area contributed by atoms with Gasteiger partial charge in [-0.15, -0.1) is 0 Å². The fourth-order valence-corrected chi connectivity index (χ4v) is 1.81. The zero-order chi connectivity index (χ0) is 14.0. The van der Waals surface area contributed by atoms with Gasteiger partial charge in [-0.1, -0.05) is 6.07 Å². The number of aromatic carboxylic acids is 1. The van der Waals surface area contributed by atoms with Crippen LogP contribution >= 0.6 is 0 Å². The molecular formula is C14H13NO4. The highest BCUT2D eigenvalue weighted by Crippen LogP contribution is 2.33. The molecule has 0 saturated heterocycles. The molecule has 5 nitrogen and oxygen atoms in total. The van der Waals surface area contributed by atoms with Crippen molar-refractivity contribution >= 4 is 5.97 Å².